The number of esters is 1. The fraction of sp³-hybridized carbons (Fsp3) is 0.350. The van der Waals surface area contributed by atoms with Crippen molar-refractivity contribution in [3.05, 3.63) is 60.2 Å². The molecule has 1 aliphatic rings. The summed E-state index contributed by atoms with van der Waals surface area (Å²) in [6.45, 7) is 2.28. The van der Waals surface area contributed by atoms with E-state index < -0.39 is 0 Å². The molecular weight excluding hydrogens is 300 g/mol. The first-order chi connectivity index (χ1) is 11.7. The van der Waals surface area contributed by atoms with E-state index in [4.69, 9.17) is 10.5 Å². The average Bonchev–Trinajstić information content (AvgIpc) is 2.61. The van der Waals surface area contributed by atoms with E-state index in [1.165, 1.54) is 5.69 Å². The molecule has 2 aromatic rings. The first-order valence-electron chi connectivity index (χ1n) is 8.51. The molecular formula is C20H24N2O2. The zero-order chi connectivity index (χ0) is 16.8. The zero-order valence-corrected chi connectivity index (χ0v) is 13.9. The number of hydrogen-bond donors (Lipinski definition) is 1. The van der Waals surface area contributed by atoms with Crippen molar-refractivity contribution >= 4 is 17.3 Å². The van der Waals surface area contributed by atoms with Gasteiger partial charge < -0.3 is 15.4 Å². The molecule has 2 N–H and O–H groups in total. The van der Waals surface area contributed by atoms with Gasteiger partial charge in [0, 0.05) is 30.9 Å². The lowest BCUT2D eigenvalue weighted by Crippen LogP contribution is -2.34. The molecule has 2 aromatic carbocycles. The van der Waals surface area contributed by atoms with Crippen LogP contribution in [0.3, 0.4) is 0 Å². The number of piperidine rings is 1. The minimum atomic E-state index is -0.0961. The second kappa shape index (κ2) is 7.86. The summed E-state index contributed by atoms with van der Waals surface area (Å²) in [5.74, 6) is 0.312. The Balaban J connectivity index is 1.42. The topological polar surface area (TPSA) is 55.6 Å². The second-order valence-electron chi connectivity index (χ2n) is 6.38. The number of carbonyl (C=O) groups is 1. The van der Waals surface area contributed by atoms with E-state index in [0.717, 1.165) is 37.2 Å². The Hall–Kier alpha value is -2.49. The van der Waals surface area contributed by atoms with E-state index in [1.807, 2.05) is 48.5 Å². The maximum atomic E-state index is 12.0. The van der Waals surface area contributed by atoms with Crippen LogP contribution in [0.5, 0.6) is 0 Å². The van der Waals surface area contributed by atoms with Gasteiger partial charge in [-0.3, -0.25) is 4.79 Å². The molecule has 0 unspecified atom stereocenters. The highest BCUT2D eigenvalue weighted by molar-refractivity contribution is 5.69. The van der Waals surface area contributed by atoms with Crippen LogP contribution in [0.4, 0.5) is 11.4 Å². The number of hydrogen-bond acceptors (Lipinski definition) is 4. The van der Waals surface area contributed by atoms with Crippen LogP contribution < -0.4 is 10.6 Å². The van der Waals surface area contributed by atoms with Crippen LogP contribution >= 0.6 is 0 Å². The van der Waals surface area contributed by atoms with Crippen molar-refractivity contribution < 1.29 is 9.53 Å². The van der Waals surface area contributed by atoms with Gasteiger partial charge in [-0.2, -0.15) is 0 Å². The molecule has 0 bridgehead atoms. The van der Waals surface area contributed by atoms with Crippen molar-refractivity contribution in [2.75, 3.05) is 23.7 Å². The van der Waals surface area contributed by atoms with Gasteiger partial charge in [0.25, 0.3) is 0 Å². The molecule has 0 atom stereocenters. The van der Waals surface area contributed by atoms with Crippen molar-refractivity contribution in [2.45, 2.75) is 25.9 Å². The molecule has 24 heavy (non-hydrogen) atoms. The van der Waals surface area contributed by atoms with Crippen LogP contribution in [0, 0.1) is 5.92 Å². The van der Waals surface area contributed by atoms with Gasteiger partial charge in [-0.05, 0) is 42.5 Å². The van der Waals surface area contributed by atoms with Gasteiger partial charge >= 0.3 is 5.97 Å². The third-order valence-corrected chi connectivity index (χ3v) is 4.55. The van der Waals surface area contributed by atoms with Crippen molar-refractivity contribution in [1.29, 1.82) is 0 Å². The number of nitrogens with two attached hydrogens (primary N) is 1. The fourth-order valence-corrected chi connectivity index (χ4v) is 3.15. The molecule has 0 aromatic heterocycles. The van der Waals surface area contributed by atoms with Gasteiger partial charge in [-0.15, -0.1) is 0 Å². The number of nitrogens with zero attached hydrogens (tertiary/aromatic N) is 1. The standard InChI is InChI=1S/C20H24N2O2/c21-18-7-4-8-19(14-18)22-11-9-16(10-12-22)13-20(23)24-15-17-5-2-1-3-6-17/h1-8,14,16H,9-13,15,21H2. The SMILES string of the molecule is Nc1cccc(N2CCC(CC(=O)OCc3ccccc3)CC2)c1. The maximum absolute atomic E-state index is 12.0. The van der Waals surface area contributed by atoms with Crippen LogP contribution in [0.25, 0.3) is 0 Å². The molecule has 0 amide bonds. The van der Waals surface area contributed by atoms with Gasteiger partial charge in [0.1, 0.15) is 6.61 Å². The summed E-state index contributed by atoms with van der Waals surface area (Å²) in [7, 11) is 0. The van der Waals surface area contributed by atoms with E-state index in [2.05, 4.69) is 11.0 Å². The summed E-state index contributed by atoms with van der Waals surface area (Å²) >= 11 is 0. The quantitative estimate of drug-likeness (QED) is 0.674. The smallest absolute Gasteiger partial charge is 0.306 e. The van der Waals surface area contributed by atoms with Crippen LogP contribution in [0.15, 0.2) is 54.6 Å². The Labute approximate surface area is 143 Å². The van der Waals surface area contributed by atoms with Crippen molar-refractivity contribution in [3.8, 4) is 0 Å². The summed E-state index contributed by atoms with van der Waals surface area (Å²) in [5.41, 5.74) is 8.84. The first-order valence-corrected chi connectivity index (χ1v) is 8.51. The second-order valence-corrected chi connectivity index (χ2v) is 6.38. The molecule has 1 heterocycles. The highest BCUT2D eigenvalue weighted by atomic mass is 16.5. The van der Waals surface area contributed by atoms with E-state index >= 15 is 0 Å². The number of ether oxygens (including phenoxy) is 1. The molecule has 1 fully saturated rings. The van der Waals surface area contributed by atoms with Crippen LogP contribution in [-0.2, 0) is 16.1 Å². The van der Waals surface area contributed by atoms with E-state index in [1.54, 1.807) is 0 Å². The molecule has 0 spiro atoms. The molecule has 3 rings (SSSR count). The number of nitrogen functional groups attached to an aromatic ring is 1. The molecule has 0 aliphatic carbocycles. The predicted molar refractivity (Wildman–Crippen MR) is 96.6 cm³/mol. The molecule has 1 aliphatic heterocycles. The molecule has 4 heteroatoms. The minimum Gasteiger partial charge on any atom is -0.461 e. The average molecular weight is 324 g/mol. The Morgan fingerprint density at radius 1 is 1.08 bits per heavy atom. The third kappa shape index (κ3) is 4.51. The summed E-state index contributed by atoms with van der Waals surface area (Å²) in [6, 6.07) is 17.8. The Kier molecular flexibility index (Phi) is 5.36. The highest BCUT2D eigenvalue weighted by Gasteiger charge is 2.22. The Morgan fingerprint density at radius 2 is 1.83 bits per heavy atom. The van der Waals surface area contributed by atoms with Gasteiger partial charge in [0.15, 0.2) is 0 Å². The molecule has 0 radical (unpaired) electrons. The monoisotopic (exact) mass is 324 g/mol. The van der Waals surface area contributed by atoms with Crippen molar-refractivity contribution in [1.82, 2.24) is 0 Å². The molecule has 1 saturated heterocycles. The predicted octanol–water partition coefficient (Wildman–Crippen LogP) is 3.62. The Bertz CT molecular complexity index is 664. The van der Waals surface area contributed by atoms with Crippen molar-refractivity contribution in [2.24, 2.45) is 5.92 Å². The third-order valence-electron chi connectivity index (χ3n) is 4.55. The minimum absolute atomic E-state index is 0.0961. The maximum Gasteiger partial charge on any atom is 0.306 e. The van der Waals surface area contributed by atoms with Crippen molar-refractivity contribution in [3.63, 3.8) is 0 Å². The summed E-state index contributed by atoms with van der Waals surface area (Å²) < 4.78 is 5.39. The molecule has 126 valence electrons. The largest absolute Gasteiger partial charge is 0.461 e. The van der Waals surface area contributed by atoms with E-state index in [9.17, 15) is 4.79 Å². The summed E-state index contributed by atoms with van der Waals surface area (Å²) in [5, 5.41) is 0. The van der Waals surface area contributed by atoms with Gasteiger partial charge in [-0.1, -0.05) is 36.4 Å². The summed E-state index contributed by atoms with van der Waals surface area (Å²) in [6.07, 6.45) is 2.53. The lowest BCUT2D eigenvalue weighted by atomic mass is 9.93. The lowest BCUT2D eigenvalue weighted by Gasteiger charge is -2.33. The number of anilines is 2. The highest BCUT2D eigenvalue weighted by Crippen LogP contribution is 2.26. The molecule has 0 saturated carbocycles. The van der Waals surface area contributed by atoms with Crippen LogP contribution in [-0.4, -0.2) is 19.1 Å². The zero-order valence-electron chi connectivity index (χ0n) is 13.9. The normalized spacial score (nSPS) is 15.2. The van der Waals surface area contributed by atoms with Gasteiger partial charge in [0.2, 0.25) is 0 Å². The molecule has 4 nitrogen and oxygen atoms in total. The van der Waals surface area contributed by atoms with Crippen LogP contribution in [0.2, 0.25) is 0 Å². The van der Waals surface area contributed by atoms with Gasteiger partial charge in [-0.25, -0.2) is 0 Å². The van der Waals surface area contributed by atoms with E-state index in [0.29, 0.717) is 18.9 Å². The fourth-order valence-electron chi connectivity index (χ4n) is 3.15. The number of carbonyl (C=O) groups excluding carboxylic acids is 1. The Morgan fingerprint density at radius 3 is 2.54 bits per heavy atom. The van der Waals surface area contributed by atoms with Gasteiger partial charge in [0.05, 0.1) is 0 Å². The first kappa shape index (κ1) is 16.4. The number of benzene rings is 2. The lowest BCUT2D eigenvalue weighted by molar-refractivity contribution is -0.146. The summed E-state index contributed by atoms with van der Waals surface area (Å²) in [4.78, 5) is 14.4. The van der Waals surface area contributed by atoms with E-state index in [-0.39, 0.29) is 5.97 Å². The van der Waals surface area contributed by atoms with Crippen LogP contribution in [0.1, 0.15) is 24.8 Å². The number of rotatable bonds is 5.